The van der Waals surface area contributed by atoms with Crippen LogP contribution in [0.4, 0.5) is 0 Å². The van der Waals surface area contributed by atoms with Gasteiger partial charge >= 0.3 is 0 Å². The highest BCUT2D eigenvalue weighted by Crippen LogP contribution is 2.43. The second-order valence-corrected chi connectivity index (χ2v) is 5.10. The molecular formula is C12H21NO2. The van der Waals surface area contributed by atoms with Crippen LogP contribution in [0, 0.1) is 5.41 Å². The van der Waals surface area contributed by atoms with E-state index in [9.17, 15) is 4.79 Å². The maximum atomic E-state index is 11.2. The van der Waals surface area contributed by atoms with Gasteiger partial charge in [0.25, 0.3) is 0 Å². The van der Waals surface area contributed by atoms with Gasteiger partial charge in [-0.15, -0.1) is 0 Å². The van der Waals surface area contributed by atoms with E-state index in [-0.39, 0.29) is 6.61 Å². The standard InChI is InChI=1S/C12H21NO2/c14-10-9-13-7-5-12(6-8-13)3-1-11(15)2-4-12/h14H,1-10H2. The van der Waals surface area contributed by atoms with Crippen LogP contribution in [0.5, 0.6) is 0 Å². The Balaban J connectivity index is 1.84. The SMILES string of the molecule is O=C1CCC2(CC1)CCN(CCO)CC2. The number of piperidine rings is 1. The summed E-state index contributed by atoms with van der Waals surface area (Å²) in [6, 6.07) is 0. The van der Waals surface area contributed by atoms with Crippen LogP contribution in [0.3, 0.4) is 0 Å². The Labute approximate surface area is 91.5 Å². The Bertz CT molecular complexity index is 220. The molecule has 0 unspecified atom stereocenters. The molecule has 1 spiro atoms. The first kappa shape index (κ1) is 11.1. The highest BCUT2D eigenvalue weighted by molar-refractivity contribution is 5.79. The fourth-order valence-electron chi connectivity index (χ4n) is 2.95. The number of Topliss-reactive ketones (excluding diaryl/α,β-unsaturated/α-hetero) is 1. The second-order valence-electron chi connectivity index (χ2n) is 5.10. The first-order valence-corrected chi connectivity index (χ1v) is 6.09. The molecule has 3 heteroatoms. The molecule has 1 N–H and O–H groups in total. The third-order valence-electron chi connectivity index (χ3n) is 4.20. The number of rotatable bonds is 2. The van der Waals surface area contributed by atoms with Crippen molar-refractivity contribution < 1.29 is 9.90 Å². The summed E-state index contributed by atoms with van der Waals surface area (Å²) in [6.07, 6.45) is 6.28. The summed E-state index contributed by atoms with van der Waals surface area (Å²) in [7, 11) is 0. The summed E-state index contributed by atoms with van der Waals surface area (Å²) in [5.74, 6) is 0.457. The molecule has 2 rings (SSSR count). The molecule has 0 bridgehead atoms. The van der Waals surface area contributed by atoms with Crippen LogP contribution in [0.1, 0.15) is 38.5 Å². The van der Waals surface area contributed by atoms with Crippen molar-refractivity contribution in [3.8, 4) is 0 Å². The molecule has 1 aliphatic heterocycles. The molecule has 1 saturated carbocycles. The summed E-state index contributed by atoms with van der Waals surface area (Å²) in [6.45, 7) is 3.30. The largest absolute Gasteiger partial charge is 0.395 e. The highest BCUT2D eigenvalue weighted by Gasteiger charge is 2.37. The van der Waals surface area contributed by atoms with Crippen LogP contribution in [-0.4, -0.2) is 42.0 Å². The fraction of sp³-hybridized carbons (Fsp3) is 0.917. The molecule has 0 aromatic carbocycles. The zero-order chi connectivity index (χ0) is 10.7. The lowest BCUT2D eigenvalue weighted by Crippen LogP contribution is -2.42. The zero-order valence-electron chi connectivity index (χ0n) is 9.37. The number of hydrogen-bond donors (Lipinski definition) is 1. The third kappa shape index (κ3) is 2.58. The van der Waals surface area contributed by atoms with E-state index in [1.807, 2.05) is 0 Å². The summed E-state index contributed by atoms with van der Waals surface area (Å²) >= 11 is 0. The normalized spacial score (nSPS) is 27.1. The van der Waals surface area contributed by atoms with Crippen molar-refractivity contribution in [2.75, 3.05) is 26.2 Å². The van der Waals surface area contributed by atoms with Gasteiger partial charge in [-0.1, -0.05) is 0 Å². The third-order valence-corrected chi connectivity index (χ3v) is 4.20. The lowest BCUT2D eigenvalue weighted by Gasteiger charge is -2.43. The smallest absolute Gasteiger partial charge is 0.132 e. The summed E-state index contributed by atoms with van der Waals surface area (Å²) in [4.78, 5) is 13.5. The lowest BCUT2D eigenvalue weighted by molar-refractivity contribution is -0.123. The number of carbonyl (C=O) groups excluding carboxylic acids is 1. The molecule has 0 atom stereocenters. The molecule has 2 aliphatic rings. The number of aliphatic hydroxyl groups is 1. The van der Waals surface area contributed by atoms with Gasteiger partial charge in [0, 0.05) is 19.4 Å². The summed E-state index contributed by atoms with van der Waals surface area (Å²) in [5, 5.41) is 8.87. The quantitative estimate of drug-likeness (QED) is 0.746. The minimum absolute atomic E-state index is 0.269. The van der Waals surface area contributed by atoms with Crippen molar-refractivity contribution >= 4 is 5.78 Å². The van der Waals surface area contributed by atoms with E-state index >= 15 is 0 Å². The number of carbonyl (C=O) groups is 1. The van der Waals surface area contributed by atoms with E-state index in [1.54, 1.807) is 0 Å². The van der Waals surface area contributed by atoms with E-state index in [2.05, 4.69) is 4.90 Å². The minimum Gasteiger partial charge on any atom is -0.395 e. The molecule has 2 fully saturated rings. The van der Waals surface area contributed by atoms with Gasteiger partial charge in [-0.25, -0.2) is 0 Å². The minimum atomic E-state index is 0.269. The maximum absolute atomic E-state index is 11.2. The Morgan fingerprint density at radius 1 is 1.13 bits per heavy atom. The predicted octanol–water partition coefficient (Wildman–Crippen LogP) is 1.20. The van der Waals surface area contributed by atoms with Gasteiger partial charge in [-0.3, -0.25) is 4.79 Å². The van der Waals surface area contributed by atoms with Crippen LogP contribution in [0.15, 0.2) is 0 Å². The van der Waals surface area contributed by atoms with Crippen LogP contribution in [-0.2, 0) is 4.79 Å². The first-order chi connectivity index (χ1) is 7.24. The molecule has 86 valence electrons. The van der Waals surface area contributed by atoms with Crippen LogP contribution >= 0.6 is 0 Å². The number of aliphatic hydroxyl groups excluding tert-OH is 1. The van der Waals surface area contributed by atoms with E-state index in [0.717, 1.165) is 45.3 Å². The highest BCUT2D eigenvalue weighted by atomic mass is 16.3. The Kier molecular flexibility index (Phi) is 3.42. The van der Waals surface area contributed by atoms with Gasteiger partial charge in [0.15, 0.2) is 0 Å². The van der Waals surface area contributed by atoms with Gasteiger partial charge in [-0.2, -0.15) is 0 Å². The van der Waals surface area contributed by atoms with Crippen molar-refractivity contribution in [3.05, 3.63) is 0 Å². The van der Waals surface area contributed by atoms with Crippen LogP contribution in [0.25, 0.3) is 0 Å². The topological polar surface area (TPSA) is 40.5 Å². The Hall–Kier alpha value is -0.410. The van der Waals surface area contributed by atoms with E-state index in [4.69, 9.17) is 5.11 Å². The van der Waals surface area contributed by atoms with Gasteiger partial charge in [0.05, 0.1) is 6.61 Å². The second kappa shape index (κ2) is 4.62. The first-order valence-electron chi connectivity index (χ1n) is 6.09. The van der Waals surface area contributed by atoms with Gasteiger partial charge in [0.2, 0.25) is 0 Å². The number of ketones is 1. The van der Waals surface area contributed by atoms with Crippen LogP contribution < -0.4 is 0 Å². The van der Waals surface area contributed by atoms with Gasteiger partial charge < -0.3 is 10.0 Å². The molecule has 3 nitrogen and oxygen atoms in total. The Morgan fingerprint density at radius 3 is 2.27 bits per heavy atom. The molecule has 0 radical (unpaired) electrons. The van der Waals surface area contributed by atoms with E-state index in [0.29, 0.717) is 11.2 Å². The molecule has 0 aromatic heterocycles. The monoisotopic (exact) mass is 211 g/mol. The van der Waals surface area contributed by atoms with Crippen molar-refractivity contribution in [1.29, 1.82) is 0 Å². The Morgan fingerprint density at radius 2 is 1.73 bits per heavy atom. The zero-order valence-corrected chi connectivity index (χ0v) is 9.37. The van der Waals surface area contributed by atoms with Crippen molar-refractivity contribution in [2.24, 2.45) is 5.41 Å². The average Bonchev–Trinajstić information content (AvgIpc) is 2.27. The number of hydrogen-bond acceptors (Lipinski definition) is 3. The van der Waals surface area contributed by atoms with E-state index in [1.165, 1.54) is 12.8 Å². The number of nitrogens with zero attached hydrogens (tertiary/aromatic N) is 1. The van der Waals surface area contributed by atoms with Gasteiger partial charge in [0.1, 0.15) is 5.78 Å². The molecule has 15 heavy (non-hydrogen) atoms. The summed E-state index contributed by atoms with van der Waals surface area (Å²) < 4.78 is 0. The lowest BCUT2D eigenvalue weighted by atomic mass is 9.68. The molecule has 0 amide bonds. The molecule has 1 saturated heterocycles. The number of likely N-dealkylation sites (tertiary alicyclic amines) is 1. The molecular weight excluding hydrogens is 190 g/mol. The predicted molar refractivity (Wildman–Crippen MR) is 58.7 cm³/mol. The summed E-state index contributed by atoms with van der Waals surface area (Å²) in [5.41, 5.74) is 0.472. The van der Waals surface area contributed by atoms with Gasteiger partial charge in [-0.05, 0) is 44.2 Å². The van der Waals surface area contributed by atoms with Crippen molar-refractivity contribution in [1.82, 2.24) is 4.90 Å². The van der Waals surface area contributed by atoms with Crippen molar-refractivity contribution in [3.63, 3.8) is 0 Å². The maximum Gasteiger partial charge on any atom is 0.132 e. The van der Waals surface area contributed by atoms with E-state index < -0.39 is 0 Å². The average molecular weight is 211 g/mol. The molecule has 1 heterocycles. The fourth-order valence-corrected chi connectivity index (χ4v) is 2.95. The molecule has 0 aromatic rings. The van der Waals surface area contributed by atoms with Crippen LogP contribution in [0.2, 0.25) is 0 Å². The number of β-amino-alcohol motifs (C(OH)–C–C–N with tert-alkyl or cyclic N) is 1. The van der Waals surface area contributed by atoms with Crippen molar-refractivity contribution in [2.45, 2.75) is 38.5 Å². The molecule has 1 aliphatic carbocycles.